The largest absolute Gasteiger partial charge is 0.497 e. The molecule has 0 atom stereocenters. The molecule has 0 aliphatic heterocycles. The molecule has 0 bridgehead atoms. The molecule has 0 saturated carbocycles. The zero-order chi connectivity index (χ0) is 18.4. The van der Waals surface area contributed by atoms with Gasteiger partial charge in [0.05, 0.1) is 7.11 Å². The van der Waals surface area contributed by atoms with E-state index in [0.717, 1.165) is 29.7 Å². The SMILES string of the molecule is COc1ccc(CCc2ccc(C#Cc3ccc(C)cc3)cc2C)cc1. The van der Waals surface area contributed by atoms with Crippen molar-refractivity contribution in [2.24, 2.45) is 0 Å². The molecule has 0 unspecified atom stereocenters. The van der Waals surface area contributed by atoms with E-state index in [2.05, 4.69) is 80.3 Å². The molecule has 0 saturated heterocycles. The van der Waals surface area contributed by atoms with Gasteiger partial charge < -0.3 is 4.74 Å². The van der Waals surface area contributed by atoms with Gasteiger partial charge in [0.2, 0.25) is 0 Å². The van der Waals surface area contributed by atoms with E-state index < -0.39 is 0 Å². The van der Waals surface area contributed by atoms with Gasteiger partial charge in [-0.15, -0.1) is 0 Å². The molecule has 0 heterocycles. The highest BCUT2D eigenvalue weighted by Gasteiger charge is 2.01. The van der Waals surface area contributed by atoms with Crippen LogP contribution in [0.2, 0.25) is 0 Å². The van der Waals surface area contributed by atoms with E-state index in [1.54, 1.807) is 7.11 Å². The third kappa shape index (κ3) is 4.77. The minimum absolute atomic E-state index is 0.904. The van der Waals surface area contributed by atoms with Crippen molar-refractivity contribution in [2.45, 2.75) is 26.7 Å². The lowest BCUT2D eigenvalue weighted by molar-refractivity contribution is 0.414. The predicted octanol–water partition coefficient (Wildman–Crippen LogP) is 5.50. The predicted molar refractivity (Wildman–Crippen MR) is 109 cm³/mol. The van der Waals surface area contributed by atoms with Gasteiger partial charge in [-0.05, 0) is 79.8 Å². The minimum Gasteiger partial charge on any atom is -0.497 e. The second-order valence-electron chi connectivity index (χ2n) is 6.61. The second-order valence-corrected chi connectivity index (χ2v) is 6.61. The van der Waals surface area contributed by atoms with Gasteiger partial charge >= 0.3 is 0 Å². The van der Waals surface area contributed by atoms with Crippen LogP contribution < -0.4 is 4.74 Å². The quantitative estimate of drug-likeness (QED) is 0.570. The number of rotatable bonds is 4. The zero-order valence-electron chi connectivity index (χ0n) is 15.7. The number of hydrogen-bond donors (Lipinski definition) is 0. The molecule has 0 aliphatic rings. The summed E-state index contributed by atoms with van der Waals surface area (Å²) in [5.74, 6) is 7.42. The number of benzene rings is 3. The fourth-order valence-corrected chi connectivity index (χ4v) is 2.91. The summed E-state index contributed by atoms with van der Waals surface area (Å²) in [6.07, 6.45) is 2.06. The monoisotopic (exact) mass is 340 g/mol. The Morgan fingerprint density at radius 3 is 2.04 bits per heavy atom. The maximum Gasteiger partial charge on any atom is 0.118 e. The van der Waals surface area contributed by atoms with Crippen LogP contribution in [0.3, 0.4) is 0 Å². The van der Waals surface area contributed by atoms with Gasteiger partial charge in [0.15, 0.2) is 0 Å². The summed E-state index contributed by atoms with van der Waals surface area (Å²) in [5, 5.41) is 0. The van der Waals surface area contributed by atoms with Crippen LogP contribution >= 0.6 is 0 Å². The summed E-state index contributed by atoms with van der Waals surface area (Å²) < 4.78 is 5.21. The van der Waals surface area contributed by atoms with E-state index in [9.17, 15) is 0 Å². The molecule has 26 heavy (non-hydrogen) atoms. The molecule has 0 aliphatic carbocycles. The van der Waals surface area contributed by atoms with E-state index in [1.165, 1.54) is 22.3 Å². The van der Waals surface area contributed by atoms with E-state index in [0.29, 0.717) is 0 Å². The van der Waals surface area contributed by atoms with Crippen LogP contribution in [0.5, 0.6) is 5.75 Å². The smallest absolute Gasteiger partial charge is 0.118 e. The standard InChI is InChI=1S/C25H24O/c1-19-4-6-21(7-5-19)8-9-23-11-15-24(20(2)18-23)14-10-22-12-16-25(26-3)17-13-22/h4-7,11-13,15-18H,10,14H2,1-3H3. The van der Waals surface area contributed by atoms with Crippen LogP contribution in [0.15, 0.2) is 66.7 Å². The third-order valence-corrected chi connectivity index (χ3v) is 4.59. The Hall–Kier alpha value is -2.98. The Kier molecular flexibility index (Phi) is 5.77. The van der Waals surface area contributed by atoms with Crippen LogP contribution in [-0.2, 0) is 12.8 Å². The van der Waals surface area contributed by atoms with Crippen LogP contribution in [0.1, 0.15) is 33.4 Å². The molecule has 3 rings (SSSR count). The van der Waals surface area contributed by atoms with Gasteiger partial charge in [0.25, 0.3) is 0 Å². The summed E-state index contributed by atoms with van der Waals surface area (Å²) in [4.78, 5) is 0. The molecule has 1 nitrogen and oxygen atoms in total. The molecular formula is C25H24O. The van der Waals surface area contributed by atoms with Gasteiger partial charge in [-0.2, -0.15) is 0 Å². The van der Waals surface area contributed by atoms with Crippen LogP contribution in [-0.4, -0.2) is 7.11 Å². The third-order valence-electron chi connectivity index (χ3n) is 4.59. The first-order chi connectivity index (χ1) is 12.6. The van der Waals surface area contributed by atoms with E-state index >= 15 is 0 Å². The molecule has 3 aromatic carbocycles. The molecule has 130 valence electrons. The van der Waals surface area contributed by atoms with Crippen LogP contribution in [0.4, 0.5) is 0 Å². The van der Waals surface area contributed by atoms with Crippen molar-refractivity contribution in [1.29, 1.82) is 0 Å². The summed E-state index contributed by atoms with van der Waals surface area (Å²) in [5.41, 5.74) is 7.38. The van der Waals surface area contributed by atoms with Crippen molar-refractivity contribution in [1.82, 2.24) is 0 Å². The zero-order valence-corrected chi connectivity index (χ0v) is 15.7. The highest BCUT2D eigenvalue weighted by Crippen LogP contribution is 2.16. The minimum atomic E-state index is 0.904. The maximum absolute atomic E-state index is 5.21. The van der Waals surface area contributed by atoms with Gasteiger partial charge in [-0.3, -0.25) is 0 Å². The van der Waals surface area contributed by atoms with Crippen molar-refractivity contribution in [3.63, 3.8) is 0 Å². The van der Waals surface area contributed by atoms with Crippen molar-refractivity contribution >= 4 is 0 Å². The summed E-state index contributed by atoms with van der Waals surface area (Å²) in [7, 11) is 1.70. The van der Waals surface area contributed by atoms with Gasteiger partial charge in [-0.1, -0.05) is 47.7 Å². The molecule has 1 heteroatoms. The fraction of sp³-hybridized carbons (Fsp3) is 0.200. The van der Waals surface area contributed by atoms with Crippen molar-refractivity contribution < 1.29 is 4.74 Å². The van der Waals surface area contributed by atoms with Crippen molar-refractivity contribution in [3.8, 4) is 17.6 Å². The van der Waals surface area contributed by atoms with Crippen molar-refractivity contribution in [2.75, 3.05) is 7.11 Å². The Balaban J connectivity index is 1.66. The molecule has 0 amide bonds. The summed E-state index contributed by atoms with van der Waals surface area (Å²) in [6.45, 7) is 4.26. The number of aryl methyl sites for hydroxylation is 4. The van der Waals surface area contributed by atoms with E-state index in [-0.39, 0.29) is 0 Å². The molecule has 0 radical (unpaired) electrons. The van der Waals surface area contributed by atoms with Gasteiger partial charge in [0, 0.05) is 11.1 Å². The molecule has 0 fully saturated rings. The summed E-state index contributed by atoms with van der Waals surface area (Å²) >= 11 is 0. The highest BCUT2D eigenvalue weighted by atomic mass is 16.5. The van der Waals surface area contributed by atoms with E-state index in [1.807, 2.05) is 12.1 Å². The highest BCUT2D eigenvalue weighted by molar-refractivity contribution is 5.46. The normalized spacial score (nSPS) is 10.1. The first kappa shape index (κ1) is 17.8. The number of ether oxygens (including phenoxy) is 1. The topological polar surface area (TPSA) is 9.23 Å². The number of methoxy groups -OCH3 is 1. The molecular weight excluding hydrogens is 316 g/mol. The Labute approximate surface area is 156 Å². The Morgan fingerprint density at radius 1 is 0.731 bits per heavy atom. The van der Waals surface area contributed by atoms with Crippen LogP contribution in [0, 0.1) is 25.7 Å². The van der Waals surface area contributed by atoms with E-state index in [4.69, 9.17) is 4.74 Å². The Morgan fingerprint density at radius 2 is 1.38 bits per heavy atom. The van der Waals surface area contributed by atoms with Crippen LogP contribution in [0.25, 0.3) is 0 Å². The average molecular weight is 340 g/mol. The average Bonchev–Trinajstić information content (AvgIpc) is 2.67. The second kappa shape index (κ2) is 8.41. The lowest BCUT2D eigenvalue weighted by atomic mass is 9.98. The number of hydrogen-bond acceptors (Lipinski definition) is 1. The Bertz CT molecular complexity index is 923. The lowest BCUT2D eigenvalue weighted by Gasteiger charge is -2.07. The van der Waals surface area contributed by atoms with Gasteiger partial charge in [-0.25, -0.2) is 0 Å². The maximum atomic E-state index is 5.21. The lowest BCUT2D eigenvalue weighted by Crippen LogP contribution is -1.95. The fourth-order valence-electron chi connectivity index (χ4n) is 2.91. The summed E-state index contributed by atoms with van der Waals surface area (Å²) in [6, 6.07) is 23.1. The first-order valence-electron chi connectivity index (χ1n) is 8.95. The van der Waals surface area contributed by atoms with Crippen molar-refractivity contribution in [3.05, 3.63) is 100 Å². The molecule has 0 spiro atoms. The molecule has 3 aromatic rings. The first-order valence-corrected chi connectivity index (χ1v) is 8.95. The molecule has 0 N–H and O–H groups in total. The van der Waals surface area contributed by atoms with Gasteiger partial charge in [0.1, 0.15) is 5.75 Å². The molecule has 0 aromatic heterocycles.